The van der Waals surface area contributed by atoms with Crippen LogP contribution >= 0.6 is 24.8 Å². The van der Waals surface area contributed by atoms with Crippen molar-refractivity contribution in [1.82, 2.24) is 5.32 Å². The second-order valence-electron chi connectivity index (χ2n) is 6.22. The molecule has 0 radical (unpaired) electrons. The summed E-state index contributed by atoms with van der Waals surface area (Å²) < 4.78 is 5.36. The van der Waals surface area contributed by atoms with Crippen LogP contribution in [0.15, 0.2) is 24.3 Å². The van der Waals surface area contributed by atoms with Gasteiger partial charge in [0.1, 0.15) is 0 Å². The third-order valence-corrected chi connectivity index (χ3v) is 4.83. The minimum absolute atomic E-state index is 0. The van der Waals surface area contributed by atoms with Gasteiger partial charge in [-0.3, -0.25) is 4.79 Å². The van der Waals surface area contributed by atoms with Crippen molar-refractivity contribution < 1.29 is 9.53 Å². The molecule has 1 fully saturated rings. The normalized spacial score (nSPS) is 15.5. The predicted octanol–water partition coefficient (Wildman–Crippen LogP) is 2.54. The maximum absolute atomic E-state index is 12.6. The fourth-order valence-corrected chi connectivity index (χ4v) is 3.15. The minimum atomic E-state index is -0.446. The summed E-state index contributed by atoms with van der Waals surface area (Å²) >= 11 is 0. The van der Waals surface area contributed by atoms with Gasteiger partial charge in [0.2, 0.25) is 5.91 Å². The Balaban J connectivity index is 0.00000288. The second-order valence-corrected chi connectivity index (χ2v) is 6.22. The number of amides is 1. The van der Waals surface area contributed by atoms with Crippen LogP contribution in [0, 0.1) is 12.3 Å². The molecule has 1 aliphatic heterocycles. The minimum Gasteiger partial charge on any atom is -0.381 e. The zero-order chi connectivity index (χ0) is 16.7. The summed E-state index contributed by atoms with van der Waals surface area (Å²) in [6, 6.07) is 8.34. The molecule has 0 aliphatic carbocycles. The first-order valence-electron chi connectivity index (χ1n) is 8.49. The van der Waals surface area contributed by atoms with Crippen LogP contribution in [-0.4, -0.2) is 45.3 Å². The van der Waals surface area contributed by atoms with Gasteiger partial charge in [0, 0.05) is 45.1 Å². The van der Waals surface area contributed by atoms with Crippen molar-refractivity contribution in [2.45, 2.75) is 26.7 Å². The number of hydrogen-bond acceptors (Lipinski definition) is 4. The number of nitrogens with two attached hydrogens (primary N) is 1. The number of benzene rings is 1. The molecule has 0 aromatic heterocycles. The molecule has 144 valence electrons. The van der Waals surface area contributed by atoms with Crippen molar-refractivity contribution in [3.8, 4) is 0 Å². The zero-order valence-corrected chi connectivity index (χ0v) is 16.8. The van der Waals surface area contributed by atoms with Crippen molar-refractivity contribution in [3.05, 3.63) is 29.8 Å². The van der Waals surface area contributed by atoms with Gasteiger partial charge in [0.15, 0.2) is 0 Å². The fourth-order valence-electron chi connectivity index (χ4n) is 3.15. The summed E-state index contributed by atoms with van der Waals surface area (Å²) in [6.07, 6.45) is 1.43. The Kier molecular flexibility index (Phi) is 11.1. The first-order chi connectivity index (χ1) is 11.1. The lowest BCUT2D eigenvalue weighted by atomic mass is 9.79. The van der Waals surface area contributed by atoms with Crippen LogP contribution in [0.3, 0.4) is 0 Å². The molecule has 5 nitrogen and oxygen atoms in total. The fraction of sp³-hybridized carbons (Fsp3) is 0.611. The third kappa shape index (κ3) is 6.03. The molecule has 1 amide bonds. The van der Waals surface area contributed by atoms with Crippen LogP contribution in [0.5, 0.6) is 0 Å². The van der Waals surface area contributed by atoms with Crippen molar-refractivity contribution >= 4 is 36.4 Å². The zero-order valence-electron chi connectivity index (χ0n) is 15.1. The van der Waals surface area contributed by atoms with Gasteiger partial charge in [-0.1, -0.05) is 18.2 Å². The highest BCUT2D eigenvalue weighted by Crippen LogP contribution is 2.29. The lowest BCUT2D eigenvalue weighted by Gasteiger charge is -2.35. The average molecular weight is 392 g/mol. The van der Waals surface area contributed by atoms with Crippen molar-refractivity contribution in [1.29, 1.82) is 0 Å². The predicted molar refractivity (Wildman–Crippen MR) is 108 cm³/mol. The number of carbonyl (C=O) groups is 1. The van der Waals surface area contributed by atoms with E-state index in [0.29, 0.717) is 39.1 Å². The topological polar surface area (TPSA) is 67.6 Å². The number of anilines is 1. The average Bonchev–Trinajstić information content (AvgIpc) is 2.60. The van der Waals surface area contributed by atoms with Crippen LogP contribution in [0.25, 0.3) is 0 Å². The van der Waals surface area contributed by atoms with E-state index in [-0.39, 0.29) is 30.7 Å². The molecule has 7 heteroatoms. The van der Waals surface area contributed by atoms with Gasteiger partial charge in [-0.2, -0.15) is 0 Å². The lowest BCUT2D eigenvalue weighted by molar-refractivity contribution is -0.135. The Labute approximate surface area is 163 Å². The van der Waals surface area contributed by atoms with E-state index in [0.717, 1.165) is 13.1 Å². The van der Waals surface area contributed by atoms with Crippen molar-refractivity contribution in [2.24, 2.45) is 11.1 Å². The number of aryl methyl sites for hydroxylation is 1. The van der Waals surface area contributed by atoms with Gasteiger partial charge >= 0.3 is 0 Å². The van der Waals surface area contributed by atoms with Gasteiger partial charge < -0.3 is 20.7 Å². The van der Waals surface area contributed by atoms with Gasteiger partial charge in [0.25, 0.3) is 0 Å². The molecule has 1 heterocycles. The van der Waals surface area contributed by atoms with E-state index < -0.39 is 5.41 Å². The summed E-state index contributed by atoms with van der Waals surface area (Å²) in [7, 11) is 0. The van der Waals surface area contributed by atoms with Gasteiger partial charge in [0.05, 0.1) is 5.41 Å². The molecule has 0 bridgehead atoms. The highest BCUT2D eigenvalue weighted by atomic mass is 35.5. The molecular formula is C18H31Cl2N3O2. The number of para-hydroxylation sites is 1. The van der Waals surface area contributed by atoms with E-state index in [2.05, 4.69) is 42.3 Å². The molecule has 1 aliphatic rings. The summed E-state index contributed by atoms with van der Waals surface area (Å²) in [5, 5.41) is 3.08. The Morgan fingerprint density at radius 2 is 1.92 bits per heavy atom. The van der Waals surface area contributed by atoms with E-state index in [1.54, 1.807) is 0 Å². The number of rotatable bonds is 7. The summed E-state index contributed by atoms with van der Waals surface area (Å²) in [4.78, 5) is 14.8. The van der Waals surface area contributed by atoms with E-state index >= 15 is 0 Å². The molecular weight excluding hydrogens is 361 g/mol. The lowest BCUT2D eigenvalue weighted by Crippen LogP contribution is -2.50. The van der Waals surface area contributed by atoms with Crippen LogP contribution in [0.1, 0.15) is 25.3 Å². The number of carbonyl (C=O) groups excluding carboxylic acids is 1. The Morgan fingerprint density at radius 1 is 1.28 bits per heavy atom. The highest BCUT2D eigenvalue weighted by Gasteiger charge is 2.38. The Morgan fingerprint density at radius 3 is 2.48 bits per heavy atom. The van der Waals surface area contributed by atoms with E-state index in [1.807, 2.05) is 6.07 Å². The standard InChI is InChI=1S/C18H29N3O2.2ClH/c1-3-21(16-7-5-4-6-15(16)2)11-10-20-17(22)18(14-19)8-12-23-13-9-18;;/h4-7H,3,8-14,19H2,1-2H3,(H,20,22);2*1H. The number of halogens is 2. The maximum atomic E-state index is 12.6. The summed E-state index contributed by atoms with van der Waals surface area (Å²) in [5.74, 6) is 0.0733. The maximum Gasteiger partial charge on any atom is 0.227 e. The van der Waals surface area contributed by atoms with Crippen LogP contribution < -0.4 is 16.0 Å². The van der Waals surface area contributed by atoms with E-state index in [1.165, 1.54) is 11.3 Å². The van der Waals surface area contributed by atoms with Crippen LogP contribution in [-0.2, 0) is 9.53 Å². The number of ether oxygens (including phenoxy) is 1. The van der Waals surface area contributed by atoms with Crippen molar-refractivity contribution in [3.63, 3.8) is 0 Å². The molecule has 3 N–H and O–H groups in total. The van der Waals surface area contributed by atoms with Crippen LogP contribution in [0.4, 0.5) is 5.69 Å². The first-order valence-corrected chi connectivity index (χ1v) is 8.49. The number of nitrogens with zero attached hydrogens (tertiary/aromatic N) is 1. The molecule has 2 rings (SSSR count). The highest BCUT2D eigenvalue weighted by molar-refractivity contribution is 5.85. The number of nitrogens with one attached hydrogen (secondary N) is 1. The van der Waals surface area contributed by atoms with Gasteiger partial charge in [-0.25, -0.2) is 0 Å². The Bertz CT molecular complexity index is 523. The quantitative estimate of drug-likeness (QED) is 0.749. The SMILES string of the molecule is CCN(CCNC(=O)C1(CN)CCOCC1)c1ccccc1C.Cl.Cl. The molecule has 1 aromatic rings. The molecule has 1 aromatic carbocycles. The molecule has 0 saturated carbocycles. The van der Waals surface area contributed by atoms with E-state index in [4.69, 9.17) is 10.5 Å². The molecule has 0 atom stereocenters. The summed E-state index contributed by atoms with van der Waals surface area (Å²) in [6.45, 7) is 8.21. The smallest absolute Gasteiger partial charge is 0.227 e. The van der Waals surface area contributed by atoms with E-state index in [9.17, 15) is 4.79 Å². The largest absolute Gasteiger partial charge is 0.381 e. The monoisotopic (exact) mass is 391 g/mol. The Hall–Kier alpha value is -1.01. The number of likely N-dealkylation sites (N-methyl/N-ethyl adjacent to an activating group) is 1. The number of hydrogen-bond donors (Lipinski definition) is 2. The molecule has 25 heavy (non-hydrogen) atoms. The van der Waals surface area contributed by atoms with Crippen LogP contribution in [0.2, 0.25) is 0 Å². The second kappa shape index (κ2) is 11.6. The van der Waals surface area contributed by atoms with Crippen molar-refractivity contribution in [2.75, 3.05) is 44.3 Å². The van der Waals surface area contributed by atoms with Gasteiger partial charge in [-0.05, 0) is 38.3 Å². The first kappa shape index (κ1) is 24.0. The van der Waals surface area contributed by atoms with Gasteiger partial charge in [-0.15, -0.1) is 24.8 Å². The molecule has 1 saturated heterocycles. The third-order valence-electron chi connectivity index (χ3n) is 4.83. The molecule has 0 unspecified atom stereocenters. The molecule has 0 spiro atoms. The summed E-state index contributed by atoms with van der Waals surface area (Å²) in [5.41, 5.74) is 7.91.